The average molecular weight is 354 g/mol. The number of benzene rings is 1. The zero-order valence-corrected chi connectivity index (χ0v) is 15.1. The molecule has 1 saturated heterocycles. The standard InChI is InChI=1S/C20H26N4O2/c1-16(24-12-14-26-15-13-24)17-5-7-19(8-6-17)23-20(25)22-11-9-18-4-2-3-10-21-18/h2-8,10,16H,9,11-15H2,1H3,(H2,22,23,25). The number of amides is 2. The Labute approximate surface area is 154 Å². The van der Waals surface area contributed by atoms with Gasteiger partial charge in [-0.05, 0) is 36.8 Å². The van der Waals surface area contributed by atoms with Crippen LogP contribution in [0.1, 0.15) is 24.2 Å². The summed E-state index contributed by atoms with van der Waals surface area (Å²) in [6, 6.07) is 14.0. The number of anilines is 1. The molecule has 0 bridgehead atoms. The normalized spacial score (nSPS) is 16.0. The number of carbonyl (C=O) groups excluding carboxylic acids is 1. The highest BCUT2D eigenvalue weighted by Gasteiger charge is 2.18. The summed E-state index contributed by atoms with van der Waals surface area (Å²) in [5, 5.41) is 5.73. The number of hydrogen-bond acceptors (Lipinski definition) is 4. The van der Waals surface area contributed by atoms with Crippen LogP contribution in [-0.4, -0.2) is 48.8 Å². The number of pyridine rings is 1. The van der Waals surface area contributed by atoms with Gasteiger partial charge in [0.25, 0.3) is 0 Å². The smallest absolute Gasteiger partial charge is 0.319 e. The fourth-order valence-electron chi connectivity index (χ4n) is 3.05. The molecule has 1 unspecified atom stereocenters. The third kappa shape index (κ3) is 5.28. The maximum absolute atomic E-state index is 12.0. The second kappa shape index (κ2) is 9.31. The lowest BCUT2D eigenvalue weighted by Crippen LogP contribution is -2.38. The average Bonchev–Trinajstić information content (AvgIpc) is 2.69. The first-order valence-electron chi connectivity index (χ1n) is 9.09. The molecule has 1 aromatic heterocycles. The SMILES string of the molecule is CC(c1ccc(NC(=O)NCCc2ccccn2)cc1)N1CCOCC1. The molecule has 0 radical (unpaired) electrons. The Morgan fingerprint density at radius 1 is 1.19 bits per heavy atom. The minimum Gasteiger partial charge on any atom is -0.379 e. The van der Waals surface area contributed by atoms with E-state index in [2.05, 4.69) is 39.6 Å². The summed E-state index contributed by atoms with van der Waals surface area (Å²) in [7, 11) is 0. The second-order valence-electron chi connectivity index (χ2n) is 6.40. The van der Waals surface area contributed by atoms with E-state index >= 15 is 0 Å². The van der Waals surface area contributed by atoms with E-state index in [1.165, 1.54) is 5.56 Å². The van der Waals surface area contributed by atoms with Crippen molar-refractivity contribution in [2.24, 2.45) is 0 Å². The van der Waals surface area contributed by atoms with Gasteiger partial charge in [-0.2, -0.15) is 0 Å². The summed E-state index contributed by atoms with van der Waals surface area (Å²) in [5.41, 5.74) is 3.00. The van der Waals surface area contributed by atoms with E-state index in [-0.39, 0.29) is 6.03 Å². The van der Waals surface area contributed by atoms with Crippen molar-refractivity contribution in [3.63, 3.8) is 0 Å². The third-order valence-corrected chi connectivity index (χ3v) is 4.64. The van der Waals surface area contributed by atoms with E-state index in [4.69, 9.17) is 4.74 Å². The summed E-state index contributed by atoms with van der Waals surface area (Å²) >= 11 is 0. The Morgan fingerprint density at radius 3 is 2.65 bits per heavy atom. The van der Waals surface area contributed by atoms with Crippen LogP contribution in [0.2, 0.25) is 0 Å². The molecule has 1 aliphatic rings. The van der Waals surface area contributed by atoms with Crippen molar-refractivity contribution in [3.8, 4) is 0 Å². The second-order valence-corrected chi connectivity index (χ2v) is 6.40. The van der Waals surface area contributed by atoms with Gasteiger partial charge in [0, 0.05) is 49.7 Å². The minimum absolute atomic E-state index is 0.199. The van der Waals surface area contributed by atoms with Crippen molar-refractivity contribution in [3.05, 3.63) is 59.9 Å². The third-order valence-electron chi connectivity index (χ3n) is 4.64. The zero-order chi connectivity index (χ0) is 18.2. The first-order valence-corrected chi connectivity index (χ1v) is 9.09. The Bertz CT molecular complexity index is 685. The molecule has 1 aromatic carbocycles. The fraction of sp³-hybridized carbons (Fsp3) is 0.400. The molecule has 2 aromatic rings. The number of carbonyl (C=O) groups is 1. The molecular formula is C20H26N4O2. The number of ether oxygens (including phenoxy) is 1. The van der Waals surface area contributed by atoms with Gasteiger partial charge in [-0.25, -0.2) is 4.79 Å². The molecule has 1 aliphatic heterocycles. The van der Waals surface area contributed by atoms with Gasteiger partial charge in [-0.1, -0.05) is 18.2 Å². The molecule has 2 heterocycles. The fourth-order valence-corrected chi connectivity index (χ4v) is 3.05. The molecule has 6 nitrogen and oxygen atoms in total. The Hall–Kier alpha value is -2.44. The summed E-state index contributed by atoms with van der Waals surface area (Å²) in [6.07, 6.45) is 2.47. The van der Waals surface area contributed by atoms with Crippen LogP contribution < -0.4 is 10.6 Å². The molecule has 0 saturated carbocycles. The van der Waals surface area contributed by atoms with Gasteiger partial charge < -0.3 is 15.4 Å². The maximum Gasteiger partial charge on any atom is 0.319 e. The summed E-state index contributed by atoms with van der Waals surface area (Å²) < 4.78 is 5.41. The van der Waals surface area contributed by atoms with Crippen LogP contribution >= 0.6 is 0 Å². The van der Waals surface area contributed by atoms with Gasteiger partial charge >= 0.3 is 6.03 Å². The highest BCUT2D eigenvalue weighted by atomic mass is 16.5. The molecular weight excluding hydrogens is 328 g/mol. The quantitative estimate of drug-likeness (QED) is 0.837. The summed E-state index contributed by atoms with van der Waals surface area (Å²) in [5.74, 6) is 0. The molecule has 0 spiro atoms. The van der Waals surface area contributed by atoms with Crippen molar-refractivity contribution in [2.45, 2.75) is 19.4 Å². The molecule has 26 heavy (non-hydrogen) atoms. The molecule has 138 valence electrons. The molecule has 1 fully saturated rings. The first kappa shape index (κ1) is 18.4. The molecule has 6 heteroatoms. The van der Waals surface area contributed by atoms with Gasteiger partial charge in [0.15, 0.2) is 0 Å². The number of hydrogen-bond donors (Lipinski definition) is 2. The monoisotopic (exact) mass is 354 g/mol. The van der Waals surface area contributed by atoms with Gasteiger partial charge in [0.2, 0.25) is 0 Å². The van der Waals surface area contributed by atoms with Gasteiger partial charge in [0.05, 0.1) is 13.2 Å². The van der Waals surface area contributed by atoms with E-state index in [0.717, 1.165) is 37.7 Å². The first-order chi connectivity index (χ1) is 12.7. The lowest BCUT2D eigenvalue weighted by Gasteiger charge is -2.32. The Balaban J connectivity index is 1.45. The van der Waals surface area contributed by atoms with E-state index in [9.17, 15) is 4.79 Å². The molecule has 1 atom stereocenters. The zero-order valence-electron chi connectivity index (χ0n) is 15.1. The topological polar surface area (TPSA) is 66.5 Å². The van der Waals surface area contributed by atoms with E-state index in [1.807, 2.05) is 30.3 Å². The van der Waals surface area contributed by atoms with Crippen LogP contribution in [-0.2, 0) is 11.2 Å². The van der Waals surface area contributed by atoms with Crippen LogP contribution in [0.4, 0.5) is 10.5 Å². The van der Waals surface area contributed by atoms with Gasteiger partial charge in [-0.3, -0.25) is 9.88 Å². The van der Waals surface area contributed by atoms with Gasteiger partial charge in [0.1, 0.15) is 0 Å². The van der Waals surface area contributed by atoms with Crippen LogP contribution in [0.25, 0.3) is 0 Å². The van der Waals surface area contributed by atoms with Crippen molar-refractivity contribution in [1.29, 1.82) is 0 Å². The Kier molecular flexibility index (Phi) is 6.57. The minimum atomic E-state index is -0.199. The van der Waals surface area contributed by atoms with Crippen LogP contribution in [0, 0.1) is 0 Å². The lowest BCUT2D eigenvalue weighted by molar-refractivity contribution is 0.0198. The predicted octanol–water partition coefficient (Wildman–Crippen LogP) is 2.84. The number of urea groups is 1. The van der Waals surface area contributed by atoms with E-state index in [0.29, 0.717) is 19.0 Å². The number of morpholine rings is 1. The largest absolute Gasteiger partial charge is 0.379 e. The van der Waals surface area contributed by atoms with Gasteiger partial charge in [-0.15, -0.1) is 0 Å². The molecule has 0 aliphatic carbocycles. The van der Waals surface area contributed by atoms with Crippen LogP contribution in [0.3, 0.4) is 0 Å². The highest BCUT2D eigenvalue weighted by molar-refractivity contribution is 5.89. The molecule has 2 amide bonds. The van der Waals surface area contributed by atoms with Crippen molar-refractivity contribution in [2.75, 3.05) is 38.2 Å². The van der Waals surface area contributed by atoms with E-state index < -0.39 is 0 Å². The molecule has 3 rings (SSSR count). The summed E-state index contributed by atoms with van der Waals surface area (Å²) in [4.78, 5) is 18.7. The number of rotatable bonds is 6. The predicted molar refractivity (Wildman–Crippen MR) is 102 cm³/mol. The van der Waals surface area contributed by atoms with Crippen molar-refractivity contribution < 1.29 is 9.53 Å². The number of nitrogens with zero attached hydrogens (tertiary/aromatic N) is 2. The lowest BCUT2D eigenvalue weighted by atomic mass is 10.1. The Morgan fingerprint density at radius 2 is 1.96 bits per heavy atom. The van der Waals surface area contributed by atoms with Crippen LogP contribution in [0.5, 0.6) is 0 Å². The van der Waals surface area contributed by atoms with E-state index in [1.54, 1.807) is 6.20 Å². The molecule has 2 N–H and O–H groups in total. The highest BCUT2D eigenvalue weighted by Crippen LogP contribution is 2.22. The van der Waals surface area contributed by atoms with Crippen molar-refractivity contribution >= 4 is 11.7 Å². The number of aromatic nitrogens is 1. The number of nitrogens with one attached hydrogen (secondary N) is 2. The van der Waals surface area contributed by atoms with Crippen molar-refractivity contribution in [1.82, 2.24) is 15.2 Å². The summed E-state index contributed by atoms with van der Waals surface area (Å²) in [6.45, 7) is 6.26. The maximum atomic E-state index is 12.0. The van der Waals surface area contributed by atoms with Crippen LogP contribution in [0.15, 0.2) is 48.7 Å².